The Kier molecular flexibility index (Phi) is 5.99. The lowest BCUT2D eigenvalue weighted by Gasteiger charge is -2.38. The first kappa shape index (κ1) is 23.1. The molecule has 1 saturated heterocycles. The first-order valence-electron chi connectivity index (χ1n) is 11.6. The molecule has 182 valence electrons. The summed E-state index contributed by atoms with van der Waals surface area (Å²) in [5.74, 6) is 1.95. The van der Waals surface area contributed by atoms with Crippen LogP contribution < -0.4 is 10.3 Å². The van der Waals surface area contributed by atoms with Crippen molar-refractivity contribution in [3.8, 4) is 17.0 Å². The smallest absolute Gasteiger partial charge is 0.261 e. The number of furan rings is 1. The van der Waals surface area contributed by atoms with Gasteiger partial charge in [0.05, 0.1) is 30.4 Å². The summed E-state index contributed by atoms with van der Waals surface area (Å²) in [6.45, 7) is 4.61. The highest BCUT2D eigenvalue weighted by molar-refractivity contribution is 7.88. The zero-order chi connectivity index (χ0) is 24.0. The van der Waals surface area contributed by atoms with Crippen LogP contribution in [0, 0.1) is 5.92 Å². The van der Waals surface area contributed by atoms with Gasteiger partial charge in [-0.25, -0.2) is 8.42 Å². The number of pyridine rings is 2. The third-order valence-electron chi connectivity index (χ3n) is 6.65. The number of piperazine rings is 1. The molecule has 2 fully saturated rings. The van der Waals surface area contributed by atoms with Crippen molar-refractivity contribution in [3.05, 3.63) is 46.7 Å². The molecule has 3 aromatic heterocycles. The van der Waals surface area contributed by atoms with Crippen molar-refractivity contribution in [2.45, 2.75) is 32.4 Å². The maximum atomic E-state index is 12.9. The summed E-state index contributed by atoms with van der Waals surface area (Å²) in [6.07, 6.45) is 7.09. The van der Waals surface area contributed by atoms with Gasteiger partial charge in [0.25, 0.3) is 5.56 Å². The molecule has 1 aliphatic carbocycles. The van der Waals surface area contributed by atoms with Crippen LogP contribution in [0.3, 0.4) is 0 Å². The standard InChI is InChI=1S/C24H30N4O5S/c1-16-12-28(34(3,30)31)10-9-27(16)13-18-11-19-23(33-18)20(14-26(2)24(19)29)22-21(5-4-8-25-22)32-15-17-6-7-17/h4-5,8,11,14,16-17H,6-7,9-10,12-13,15H2,1-3H3/t16-/m1/s1. The molecule has 0 amide bonds. The molecule has 1 atom stereocenters. The topological polar surface area (TPSA) is 97.9 Å². The molecule has 0 radical (unpaired) electrons. The van der Waals surface area contributed by atoms with Gasteiger partial charge in [-0.1, -0.05) is 0 Å². The van der Waals surface area contributed by atoms with Crippen LogP contribution in [0.4, 0.5) is 0 Å². The Morgan fingerprint density at radius 3 is 2.76 bits per heavy atom. The van der Waals surface area contributed by atoms with Crippen molar-refractivity contribution < 1.29 is 17.6 Å². The number of rotatable bonds is 7. The lowest BCUT2D eigenvalue weighted by molar-refractivity contribution is 0.115. The average molecular weight is 487 g/mol. The summed E-state index contributed by atoms with van der Waals surface area (Å²) in [5.41, 5.74) is 1.72. The summed E-state index contributed by atoms with van der Waals surface area (Å²) >= 11 is 0. The second kappa shape index (κ2) is 8.83. The molecular weight excluding hydrogens is 456 g/mol. The molecule has 1 saturated carbocycles. The van der Waals surface area contributed by atoms with Crippen LogP contribution in [0.25, 0.3) is 22.2 Å². The maximum Gasteiger partial charge on any atom is 0.261 e. The average Bonchev–Trinajstić information content (AvgIpc) is 3.53. The second-order valence-corrected chi connectivity index (χ2v) is 11.4. The predicted molar refractivity (Wildman–Crippen MR) is 129 cm³/mol. The van der Waals surface area contributed by atoms with E-state index in [9.17, 15) is 13.2 Å². The summed E-state index contributed by atoms with van der Waals surface area (Å²) in [5, 5.41) is 0.497. The fourth-order valence-corrected chi connectivity index (χ4v) is 5.35. The lowest BCUT2D eigenvalue weighted by atomic mass is 10.1. The Morgan fingerprint density at radius 2 is 2.06 bits per heavy atom. The normalized spacial score (nSPS) is 20.1. The summed E-state index contributed by atoms with van der Waals surface area (Å²) in [6, 6.07) is 5.56. The van der Waals surface area contributed by atoms with Crippen molar-refractivity contribution in [1.29, 1.82) is 0 Å². The largest absolute Gasteiger partial charge is 0.491 e. The number of hydrogen-bond acceptors (Lipinski definition) is 7. The first-order valence-corrected chi connectivity index (χ1v) is 13.4. The van der Waals surface area contributed by atoms with Gasteiger partial charge in [-0.2, -0.15) is 4.31 Å². The van der Waals surface area contributed by atoms with E-state index in [4.69, 9.17) is 9.15 Å². The molecule has 4 heterocycles. The minimum absolute atomic E-state index is 0.0252. The van der Waals surface area contributed by atoms with Crippen LogP contribution in [-0.4, -0.2) is 65.7 Å². The second-order valence-electron chi connectivity index (χ2n) is 9.46. The number of aromatic nitrogens is 2. The van der Waals surface area contributed by atoms with Crippen molar-refractivity contribution in [2.75, 3.05) is 32.5 Å². The number of nitrogens with zero attached hydrogens (tertiary/aromatic N) is 4. The Balaban J connectivity index is 1.47. The van der Waals surface area contributed by atoms with Gasteiger partial charge in [0, 0.05) is 45.1 Å². The Hall–Kier alpha value is -2.69. The highest BCUT2D eigenvalue weighted by atomic mass is 32.2. The van der Waals surface area contributed by atoms with Crippen LogP contribution in [0.5, 0.6) is 5.75 Å². The van der Waals surface area contributed by atoms with Gasteiger partial charge in [-0.15, -0.1) is 0 Å². The van der Waals surface area contributed by atoms with Gasteiger partial charge < -0.3 is 13.7 Å². The fraction of sp³-hybridized carbons (Fsp3) is 0.500. The van der Waals surface area contributed by atoms with E-state index in [1.807, 2.05) is 19.1 Å². The number of sulfonamides is 1. The molecule has 0 bridgehead atoms. The van der Waals surface area contributed by atoms with E-state index in [0.717, 1.165) is 0 Å². The van der Waals surface area contributed by atoms with Crippen molar-refractivity contribution in [1.82, 2.24) is 18.8 Å². The lowest BCUT2D eigenvalue weighted by Crippen LogP contribution is -2.52. The molecule has 5 rings (SSSR count). The molecule has 0 N–H and O–H groups in total. The number of ether oxygens (including phenoxy) is 1. The third kappa shape index (κ3) is 4.62. The first-order chi connectivity index (χ1) is 16.2. The van der Waals surface area contributed by atoms with Gasteiger partial charge in [-0.05, 0) is 43.9 Å². The minimum Gasteiger partial charge on any atom is -0.491 e. The van der Waals surface area contributed by atoms with E-state index < -0.39 is 10.0 Å². The van der Waals surface area contributed by atoms with Crippen LogP contribution >= 0.6 is 0 Å². The number of hydrogen-bond donors (Lipinski definition) is 0. The van der Waals surface area contributed by atoms with Gasteiger partial charge in [0.2, 0.25) is 10.0 Å². The van der Waals surface area contributed by atoms with Gasteiger partial charge in [0.15, 0.2) is 5.58 Å². The summed E-state index contributed by atoms with van der Waals surface area (Å²) < 4.78 is 39.2. The van der Waals surface area contributed by atoms with Crippen LogP contribution in [0.15, 0.2) is 39.8 Å². The molecule has 3 aromatic rings. The van der Waals surface area contributed by atoms with Gasteiger partial charge >= 0.3 is 0 Å². The Morgan fingerprint density at radius 1 is 1.26 bits per heavy atom. The summed E-state index contributed by atoms with van der Waals surface area (Å²) in [4.78, 5) is 19.6. The Labute approximate surface area is 199 Å². The quantitative estimate of drug-likeness (QED) is 0.506. The van der Waals surface area contributed by atoms with Crippen LogP contribution in [0.2, 0.25) is 0 Å². The van der Waals surface area contributed by atoms with Crippen molar-refractivity contribution in [2.24, 2.45) is 13.0 Å². The number of aryl methyl sites for hydroxylation is 1. The molecule has 9 nitrogen and oxygen atoms in total. The zero-order valence-electron chi connectivity index (χ0n) is 19.7. The molecule has 0 unspecified atom stereocenters. The van der Waals surface area contributed by atoms with E-state index in [1.54, 1.807) is 30.1 Å². The highest BCUT2D eigenvalue weighted by Gasteiger charge is 2.30. The van der Waals surface area contributed by atoms with E-state index in [2.05, 4.69) is 9.88 Å². The van der Waals surface area contributed by atoms with Crippen LogP contribution in [0.1, 0.15) is 25.5 Å². The fourth-order valence-electron chi connectivity index (χ4n) is 4.45. The zero-order valence-corrected chi connectivity index (χ0v) is 20.5. The van der Waals surface area contributed by atoms with E-state index in [0.29, 0.717) is 72.4 Å². The molecule has 0 spiro atoms. The van der Waals surface area contributed by atoms with Crippen molar-refractivity contribution >= 4 is 21.0 Å². The predicted octanol–water partition coefficient (Wildman–Crippen LogP) is 2.45. The molecule has 1 aliphatic heterocycles. The molecule has 2 aliphatic rings. The Bertz CT molecular complexity index is 1380. The monoisotopic (exact) mass is 486 g/mol. The van der Waals surface area contributed by atoms with E-state index in [-0.39, 0.29) is 11.6 Å². The molecular formula is C24H30N4O5S. The van der Waals surface area contributed by atoms with Gasteiger partial charge in [-0.3, -0.25) is 14.7 Å². The molecule has 0 aromatic carbocycles. The van der Waals surface area contributed by atoms with E-state index >= 15 is 0 Å². The van der Waals surface area contributed by atoms with Crippen LogP contribution in [-0.2, 0) is 23.6 Å². The van der Waals surface area contributed by atoms with Gasteiger partial charge in [0.1, 0.15) is 17.2 Å². The molecule has 10 heteroatoms. The minimum atomic E-state index is -3.21. The maximum absolute atomic E-state index is 12.9. The third-order valence-corrected chi connectivity index (χ3v) is 7.92. The number of fused-ring (bicyclic) bond motifs is 1. The molecule has 34 heavy (non-hydrogen) atoms. The van der Waals surface area contributed by atoms with E-state index in [1.165, 1.54) is 23.4 Å². The van der Waals surface area contributed by atoms with Crippen molar-refractivity contribution in [3.63, 3.8) is 0 Å². The SMILES string of the molecule is C[C@@H]1CN(S(C)(=O)=O)CCN1Cc1cc2c(=O)n(C)cc(-c3ncccc3OCC3CC3)c2o1. The summed E-state index contributed by atoms with van der Waals surface area (Å²) in [7, 11) is -1.49. The highest BCUT2D eigenvalue weighted by Crippen LogP contribution is 2.36.